The first-order valence-electron chi connectivity index (χ1n) is 8.34. The minimum atomic E-state index is -0.204. The van der Waals surface area contributed by atoms with E-state index in [-0.39, 0.29) is 12.1 Å². The van der Waals surface area contributed by atoms with Gasteiger partial charge in [0, 0.05) is 37.2 Å². The smallest absolute Gasteiger partial charge is 0.315 e. The largest absolute Gasteiger partial charge is 0.333 e. The van der Waals surface area contributed by atoms with Crippen LogP contribution in [0.5, 0.6) is 0 Å². The van der Waals surface area contributed by atoms with Crippen LogP contribution in [0.15, 0.2) is 12.4 Å². The Morgan fingerprint density at radius 1 is 1.29 bits per heavy atom. The fourth-order valence-electron chi connectivity index (χ4n) is 2.96. The summed E-state index contributed by atoms with van der Waals surface area (Å²) in [5.74, 6) is 1.39. The molecule has 0 spiro atoms. The summed E-state index contributed by atoms with van der Waals surface area (Å²) < 4.78 is 3.91. The highest BCUT2D eigenvalue weighted by Crippen LogP contribution is 2.20. The van der Waals surface area contributed by atoms with Crippen molar-refractivity contribution < 1.29 is 4.79 Å². The summed E-state index contributed by atoms with van der Waals surface area (Å²) in [5, 5.41) is 10.3. The van der Waals surface area contributed by atoms with E-state index in [9.17, 15) is 4.79 Å². The fraction of sp³-hybridized carbons (Fsp3) is 0.588. The quantitative estimate of drug-likeness (QED) is 0.853. The van der Waals surface area contributed by atoms with Gasteiger partial charge in [-0.05, 0) is 26.7 Å². The highest BCUT2D eigenvalue weighted by atomic mass is 16.2. The van der Waals surface area contributed by atoms with E-state index in [4.69, 9.17) is 0 Å². The molecule has 2 aromatic heterocycles. The molecule has 2 rings (SSSR count). The summed E-state index contributed by atoms with van der Waals surface area (Å²) in [4.78, 5) is 16.5. The number of aromatic nitrogens is 4. The molecule has 0 aromatic carbocycles. The number of rotatable bonds is 6. The Morgan fingerprint density at radius 2 is 2.00 bits per heavy atom. The molecule has 0 fully saturated rings. The molecule has 0 aliphatic carbocycles. The van der Waals surface area contributed by atoms with Gasteiger partial charge in [-0.2, -0.15) is 5.10 Å². The van der Waals surface area contributed by atoms with Gasteiger partial charge in [-0.3, -0.25) is 4.68 Å². The molecule has 2 heterocycles. The van der Waals surface area contributed by atoms with Gasteiger partial charge in [-0.15, -0.1) is 0 Å². The van der Waals surface area contributed by atoms with Crippen molar-refractivity contribution in [3.8, 4) is 0 Å². The Bertz CT molecular complexity index is 700. The van der Waals surface area contributed by atoms with Gasteiger partial charge in [0.1, 0.15) is 5.82 Å². The van der Waals surface area contributed by atoms with E-state index in [2.05, 4.69) is 39.1 Å². The summed E-state index contributed by atoms with van der Waals surface area (Å²) in [6.45, 7) is 11.5. The number of nitrogens with one attached hydrogen (secondary N) is 2. The van der Waals surface area contributed by atoms with Crippen molar-refractivity contribution in [2.75, 3.05) is 0 Å². The first-order chi connectivity index (χ1) is 11.3. The van der Waals surface area contributed by atoms with Gasteiger partial charge in [-0.25, -0.2) is 9.78 Å². The van der Waals surface area contributed by atoms with Crippen LogP contribution in [0.2, 0.25) is 0 Å². The molecule has 2 amide bonds. The second-order valence-corrected chi connectivity index (χ2v) is 6.65. The van der Waals surface area contributed by atoms with Gasteiger partial charge in [0.15, 0.2) is 0 Å². The average Bonchev–Trinajstić information content (AvgIpc) is 3.01. The minimum Gasteiger partial charge on any atom is -0.333 e. The molecule has 0 aliphatic rings. The highest BCUT2D eigenvalue weighted by Gasteiger charge is 2.18. The lowest BCUT2D eigenvalue weighted by Crippen LogP contribution is -2.37. The number of aryl methyl sites for hydroxylation is 2. The van der Waals surface area contributed by atoms with E-state index >= 15 is 0 Å². The summed E-state index contributed by atoms with van der Waals surface area (Å²) >= 11 is 0. The number of imidazole rings is 1. The number of hydrogen-bond acceptors (Lipinski definition) is 3. The van der Waals surface area contributed by atoms with E-state index in [0.29, 0.717) is 12.5 Å². The number of carbonyl (C=O) groups is 1. The number of nitrogens with zero attached hydrogens (tertiary/aromatic N) is 4. The van der Waals surface area contributed by atoms with Gasteiger partial charge in [0.05, 0.1) is 18.3 Å². The zero-order chi connectivity index (χ0) is 17.9. The molecule has 0 unspecified atom stereocenters. The predicted molar refractivity (Wildman–Crippen MR) is 93.5 cm³/mol. The molecular weight excluding hydrogens is 304 g/mol. The maximum Gasteiger partial charge on any atom is 0.315 e. The molecule has 0 radical (unpaired) electrons. The number of urea groups is 1. The first-order valence-corrected chi connectivity index (χ1v) is 8.34. The molecule has 0 aliphatic heterocycles. The summed E-state index contributed by atoms with van der Waals surface area (Å²) in [5.41, 5.74) is 3.07. The van der Waals surface area contributed by atoms with Crippen molar-refractivity contribution in [2.24, 2.45) is 13.0 Å². The van der Waals surface area contributed by atoms with Crippen LogP contribution in [0.3, 0.4) is 0 Å². The van der Waals surface area contributed by atoms with Crippen molar-refractivity contribution >= 4 is 6.03 Å². The van der Waals surface area contributed by atoms with Crippen molar-refractivity contribution in [2.45, 2.75) is 53.8 Å². The van der Waals surface area contributed by atoms with E-state index in [1.807, 2.05) is 38.7 Å². The third-order valence-corrected chi connectivity index (χ3v) is 4.12. The van der Waals surface area contributed by atoms with Crippen LogP contribution >= 0.6 is 0 Å². The van der Waals surface area contributed by atoms with E-state index in [1.165, 1.54) is 0 Å². The van der Waals surface area contributed by atoms with E-state index < -0.39 is 0 Å². The highest BCUT2D eigenvalue weighted by molar-refractivity contribution is 5.74. The molecule has 2 aromatic rings. The van der Waals surface area contributed by atoms with Crippen LogP contribution in [0.4, 0.5) is 4.79 Å². The van der Waals surface area contributed by atoms with E-state index in [1.54, 1.807) is 6.20 Å². The normalized spacial score (nSPS) is 12.5. The molecule has 7 heteroatoms. The predicted octanol–water partition coefficient (Wildman–Crippen LogP) is 2.45. The molecule has 24 heavy (non-hydrogen) atoms. The zero-order valence-electron chi connectivity index (χ0n) is 15.4. The lowest BCUT2D eigenvalue weighted by Gasteiger charge is -2.16. The van der Waals surface area contributed by atoms with Crippen molar-refractivity contribution in [3.05, 3.63) is 35.2 Å². The van der Waals surface area contributed by atoms with Crippen molar-refractivity contribution in [1.29, 1.82) is 0 Å². The maximum atomic E-state index is 12.2. The third-order valence-electron chi connectivity index (χ3n) is 4.12. The van der Waals surface area contributed by atoms with Crippen LogP contribution < -0.4 is 10.6 Å². The average molecular weight is 332 g/mol. The molecule has 0 saturated carbocycles. The lowest BCUT2D eigenvalue weighted by molar-refractivity contribution is 0.237. The molecule has 0 saturated heterocycles. The summed E-state index contributed by atoms with van der Waals surface area (Å²) in [7, 11) is 1.91. The van der Waals surface area contributed by atoms with Gasteiger partial charge < -0.3 is 15.2 Å². The van der Waals surface area contributed by atoms with Crippen molar-refractivity contribution in [3.63, 3.8) is 0 Å². The van der Waals surface area contributed by atoms with E-state index in [0.717, 1.165) is 29.3 Å². The molecule has 7 nitrogen and oxygen atoms in total. The Hall–Kier alpha value is -2.31. The molecule has 2 N–H and O–H groups in total. The molecule has 1 atom stereocenters. The second kappa shape index (κ2) is 7.51. The Morgan fingerprint density at radius 3 is 2.58 bits per heavy atom. The van der Waals surface area contributed by atoms with Crippen LogP contribution in [0, 0.1) is 19.8 Å². The SMILES string of the molecule is Cc1nn(C)c(C)c1[C@H](C)NC(=O)NCc1nccn1CC(C)C. The maximum absolute atomic E-state index is 12.2. The fourth-order valence-corrected chi connectivity index (χ4v) is 2.96. The third kappa shape index (κ3) is 4.15. The van der Waals surface area contributed by atoms with Crippen LogP contribution in [-0.4, -0.2) is 25.4 Å². The topological polar surface area (TPSA) is 76.8 Å². The Balaban J connectivity index is 1.93. The van der Waals surface area contributed by atoms with Gasteiger partial charge in [0.25, 0.3) is 0 Å². The zero-order valence-corrected chi connectivity index (χ0v) is 15.4. The minimum absolute atomic E-state index is 0.103. The van der Waals surface area contributed by atoms with Gasteiger partial charge in [-0.1, -0.05) is 13.8 Å². The van der Waals surface area contributed by atoms with Crippen LogP contribution in [0.25, 0.3) is 0 Å². The first kappa shape index (κ1) is 18.0. The standard InChI is InChI=1S/C17H28N6O/c1-11(2)10-23-8-7-18-15(23)9-19-17(24)20-12(3)16-13(4)21-22(6)14(16)5/h7-8,11-12H,9-10H2,1-6H3,(H2,19,20,24)/t12-/m0/s1. The molecule has 132 valence electrons. The number of amides is 2. The number of carbonyl (C=O) groups excluding carboxylic acids is 1. The molecule has 0 bridgehead atoms. The summed E-state index contributed by atoms with van der Waals surface area (Å²) in [6.07, 6.45) is 3.71. The second-order valence-electron chi connectivity index (χ2n) is 6.65. The van der Waals surface area contributed by atoms with Crippen LogP contribution in [-0.2, 0) is 20.1 Å². The van der Waals surface area contributed by atoms with Crippen LogP contribution in [0.1, 0.15) is 49.6 Å². The number of hydrogen-bond donors (Lipinski definition) is 2. The van der Waals surface area contributed by atoms with Gasteiger partial charge in [0.2, 0.25) is 0 Å². The Labute approximate surface area is 143 Å². The lowest BCUT2D eigenvalue weighted by atomic mass is 10.1. The van der Waals surface area contributed by atoms with Gasteiger partial charge >= 0.3 is 6.03 Å². The Kier molecular flexibility index (Phi) is 5.64. The monoisotopic (exact) mass is 332 g/mol. The van der Waals surface area contributed by atoms with Crippen molar-refractivity contribution in [1.82, 2.24) is 30.0 Å². The molecular formula is C17H28N6O. The summed E-state index contributed by atoms with van der Waals surface area (Å²) in [6, 6.07) is -0.307.